The Bertz CT molecular complexity index is 525. The fourth-order valence-electron chi connectivity index (χ4n) is 4.09. The predicted octanol–water partition coefficient (Wildman–Crippen LogP) is 1.77. The van der Waals surface area contributed by atoms with E-state index < -0.39 is 0 Å². The number of rotatable bonds is 5. The molecule has 0 radical (unpaired) electrons. The average molecular weight is 346 g/mol. The molecule has 5 heteroatoms. The molecule has 1 aromatic carbocycles. The van der Waals surface area contributed by atoms with Crippen molar-refractivity contribution in [2.75, 3.05) is 59.1 Å². The standard InChI is InChI=1S/C20H30N2O3/c1-2-4-18(5-3-1)6-9-21-10-7-20(8-11-21)24-17-19(25-20)16-22-12-14-23-15-13-22/h1-5,19H,6-17H2. The van der Waals surface area contributed by atoms with Crippen LogP contribution in [0.15, 0.2) is 30.3 Å². The van der Waals surface area contributed by atoms with Crippen molar-refractivity contribution in [3.05, 3.63) is 35.9 Å². The highest BCUT2D eigenvalue weighted by molar-refractivity contribution is 5.14. The van der Waals surface area contributed by atoms with E-state index in [1.165, 1.54) is 5.56 Å². The molecular weight excluding hydrogens is 316 g/mol. The lowest BCUT2D eigenvalue weighted by Gasteiger charge is -2.38. The van der Waals surface area contributed by atoms with Gasteiger partial charge in [-0.25, -0.2) is 0 Å². The molecule has 3 aliphatic rings. The van der Waals surface area contributed by atoms with Gasteiger partial charge >= 0.3 is 0 Å². The van der Waals surface area contributed by atoms with Crippen molar-refractivity contribution in [2.24, 2.45) is 0 Å². The number of hydrogen-bond acceptors (Lipinski definition) is 5. The van der Waals surface area contributed by atoms with E-state index in [9.17, 15) is 0 Å². The molecule has 1 aromatic rings. The average Bonchev–Trinajstić information content (AvgIpc) is 3.05. The number of ether oxygens (including phenoxy) is 3. The smallest absolute Gasteiger partial charge is 0.171 e. The molecule has 3 saturated heterocycles. The Labute approximate surface area is 150 Å². The van der Waals surface area contributed by atoms with Crippen LogP contribution in [0.5, 0.6) is 0 Å². The first-order chi connectivity index (χ1) is 12.3. The monoisotopic (exact) mass is 346 g/mol. The van der Waals surface area contributed by atoms with Crippen LogP contribution >= 0.6 is 0 Å². The van der Waals surface area contributed by atoms with Gasteiger partial charge in [-0.1, -0.05) is 30.3 Å². The molecule has 1 spiro atoms. The second-order valence-electron chi connectivity index (χ2n) is 7.45. The largest absolute Gasteiger partial charge is 0.379 e. The minimum Gasteiger partial charge on any atom is -0.379 e. The zero-order valence-electron chi connectivity index (χ0n) is 15.1. The maximum absolute atomic E-state index is 6.37. The Morgan fingerprint density at radius 2 is 1.72 bits per heavy atom. The van der Waals surface area contributed by atoms with Crippen LogP contribution in [0.1, 0.15) is 18.4 Å². The SMILES string of the molecule is c1ccc(CCN2CCC3(CC2)OCC(CN2CCOCC2)O3)cc1. The molecule has 4 rings (SSSR count). The highest BCUT2D eigenvalue weighted by atomic mass is 16.7. The zero-order chi connectivity index (χ0) is 17.0. The van der Waals surface area contributed by atoms with E-state index in [4.69, 9.17) is 14.2 Å². The fourth-order valence-corrected chi connectivity index (χ4v) is 4.09. The number of hydrogen-bond donors (Lipinski definition) is 0. The van der Waals surface area contributed by atoms with Gasteiger partial charge in [-0.2, -0.15) is 0 Å². The van der Waals surface area contributed by atoms with Gasteiger partial charge in [-0.3, -0.25) is 4.90 Å². The Morgan fingerprint density at radius 1 is 0.960 bits per heavy atom. The normalized spacial score (nSPS) is 27.8. The summed E-state index contributed by atoms with van der Waals surface area (Å²) in [6.07, 6.45) is 3.31. The molecule has 0 N–H and O–H groups in total. The highest BCUT2D eigenvalue weighted by Crippen LogP contribution is 2.34. The van der Waals surface area contributed by atoms with Crippen molar-refractivity contribution < 1.29 is 14.2 Å². The summed E-state index contributed by atoms with van der Waals surface area (Å²) in [7, 11) is 0. The molecule has 0 amide bonds. The van der Waals surface area contributed by atoms with E-state index in [-0.39, 0.29) is 11.9 Å². The number of piperidine rings is 1. The Hall–Kier alpha value is -0.980. The van der Waals surface area contributed by atoms with E-state index in [0.717, 1.165) is 78.4 Å². The number of morpholine rings is 1. The van der Waals surface area contributed by atoms with Crippen LogP contribution in [0, 0.1) is 0 Å². The van der Waals surface area contributed by atoms with E-state index in [2.05, 4.69) is 40.1 Å². The molecule has 3 heterocycles. The van der Waals surface area contributed by atoms with Gasteiger partial charge in [0, 0.05) is 52.1 Å². The summed E-state index contributed by atoms with van der Waals surface area (Å²) in [4.78, 5) is 4.98. The van der Waals surface area contributed by atoms with Crippen molar-refractivity contribution in [1.82, 2.24) is 9.80 Å². The topological polar surface area (TPSA) is 34.2 Å². The zero-order valence-corrected chi connectivity index (χ0v) is 15.1. The Morgan fingerprint density at radius 3 is 2.48 bits per heavy atom. The van der Waals surface area contributed by atoms with Gasteiger partial charge in [0.2, 0.25) is 0 Å². The summed E-state index contributed by atoms with van der Waals surface area (Å²) in [5.41, 5.74) is 1.42. The maximum atomic E-state index is 6.37. The maximum Gasteiger partial charge on any atom is 0.171 e. The molecule has 0 bridgehead atoms. The lowest BCUT2D eigenvalue weighted by atomic mass is 10.0. The Kier molecular flexibility index (Phi) is 5.68. The van der Waals surface area contributed by atoms with E-state index in [0.29, 0.717) is 0 Å². The van der Waals surface area contributed by atoms with E-state index >= 15 is 0 Å². The van der Waals surface area contributed by atoms with Crippen LogP contribution in [0.2, 0.25) is 0 Å². The van der Waals surface area contributed by atoms with Gasteiger partial charge in [0.1, 0.15) is 0 Å². The summed E-state index contributed by atoms with van der Waals surface area (Å²) < 4.78 is 17.9. The van der Waals surface area contributed by atoms with Gasteiger partial charge in [0.25, 0.3) is 0 Å². The third-order valence-electron chi connectivity index (χ3n) is 5.66. The first-order valence-electron chi connectivity index (χ1n) is 9.70. The van der Waals surface area contributed by atoms with Crippen molar-refractivity contribution in [2.45, 2.75) is 31.2 Å². The van der Waals surface area contributed by atoms with Crippen LogP contribution in [0.3, 0.4) is 0 Å². The van der Waals surface area contributed by atoms with Gasteiger partial charge < -0.3 is 19.1 Å². The van der Waals surface area contributed by atoms with Crippen LogP contribution in [-0.2, 0) is 20.6 Å². The quantitative estimate of drug-likeness (QED) is 0.812. The molecule has 25 heavy (non-hydrogen) atoms. The van der Waals surface area contributed by atoms with Crippen LogP contribution in [-0.4, -0.2) is 80.8 Å². The highest BCUT2D eigenvalue weighted by Gasteiger charge is 2.44. The summed E-state index contributed by atoms with van der Waals surface area (Å²) in [5, 5.41) is 0. The summed E-state index contributed by atoms with van der Waals surface area (Å²) in [6.45, 7) is 8.68. The van der Waals surface area contributed by atoms with Crippen molar-refractivity contribution in [3.63, 3.8) is 0 Å². The molecule has 5 nitrogen and oxygen atoms in total. The van der Waals surface area contributed by atoms with Gasteiger partial charge in [-0.05, 0) is 12.0 Å². The lowest BCUT2D eigenvalue weighted by molar-refractivity contribution is -0.196. The molecular formula is C20H30N2O3. The molecule has 0 saturated carbocycles. The number of benzene rings is 1. The molecule has 3 fully saturated rings. The predicted molar refractivity (Wildman–Crippen MR) is 96.6 cm³/mol. The molecule has 1 unspecified atom stereocenters. The molecule has 1 atom stereocenters. The first-order valence-corrected chi connectivity index (χ1v) is 9.70. The van der Waals surface area contributed by atoms with E-state index in [1.807, 2.05) is 0 Å². The number of nitrogens with zero attached hydrogens (tertiary/aromatic N) is 2. The molecule has 3 aliphatic heterocycles. The lowest BCUT2D eigenvalue weighted by Crippen LogP contribution is -2.47. The van der Waals surface area contributed by atoms with Crippen LogP contribution < -0.4 is 0 Å². The molecule has 138 valence electrons. The first kappa shape index (κ1) is 17.4. The van der Waals surface area contributed by atoms with Gasteiger partial charge in [-0.15, -0.1) is 0 Å². The molecule has 0 aliphatic carbocycles. The minimum absolute atomic E-state index is 0.217. The summed E-state index contributed by atoms with van der Waals surface area (Å²) in [5.74, 6) is -0.319. The van der Waals surface area contributed by atoms with Crippen LogP contribution in [0.25, 0.3) is 0 Å². The minimum atomic E-state index is -0.319. The molecule has 0 aromatic heterocycles. The summed E-state index contributed by atoms with van der Waals surface area (Å²) >= 11 is 0. The second kappa shape index (κ2) is 8.14. The fraction of sp³-hybridized carbons (Fsp3) is 0.700. The Balaban J connectivity index is 1.20. The third kappa shape index (κ3) is 4.60. The second-order valence-corrected chi connectivity index (χ2v) is 7.45. The van der Waals surface area contributed by atoms with Crippen molar-refractivity contribution in [3.8, 4) is 0 Å². The van der Waals surface area contributed by atoms with E-state index in [1.54, 1.807) is 0 Å². The third-order valence-corrected chi connectivity index (χ3v) is 5.66. The van der Waals surface area contributed by atoms with Crippen LogP contribution in [0.4, 0.5) is 0 Å². The summed E-state index contributed by atoms with van der Waals surface area (Å²) in [6, 6.07) is 10.7. The van der Waals surface area contributed by atoms with Crippen molar-refractivity contribution in [1.29, 1.82) is 0 Å². The van der Waals surface area contributed by atoms with Gasteiger partial charge in [0.05, 0.1) is 25.9 Å². The van der Waals surface area contributed by atoms with Crippen molar-refractivity contribution >= 4 is 0 Å². The van der Waals surface area contributed by atoms with Gasteiger partial charge in [0.15, 0.2) is 5.79 Å². The number of likely N-dealkylation sites (tertiary alicyclic amines) is 1.